The number of benzene rings is 2. The van der Waals surface area contributed by atoms with Crippen molar-refractivity contribution in [2.24, 2.45) is 0 Å². The molecule has 1 aromatic heterocycles. The van der Waals surface area contributed by atoms with Gasteiger partial charge >= 0.3 is 6.61 Å². The number of hydrogen-bond donors (Lipinski definition) is 2. The van der Waals surface area contributed by atoms with E-state index in [0.29, 0.717) is 35.1 Å². The molecule has 1 atom stereocenters. The molecule has 2 aromatic carbocycles. The molecule has 11 heteroatoms. The van der Waals surface area contributed by atoms with Crippen LogP contribution in [0.1, 0.15) is 22.0 Å². The fourth-order valence-corrected chi connectivity index (χ4v) is 3.50. The van der Waals surface area contributed by atoms with Gasteiger partial charge in [0, 0.05) is 35.6 Å². The summed E-state index contributed by atoms with van der Waals surface area (Å²) < 4.78 is 36.0. The molecule has 0 aliphatic carbocycles. The fourth-order valence-electron chi connectivity index (χ4n) is 3.20. The number of anilines is 1. The van der Waals surface area contributed by atoms with Crippen molar-refractivity contribution in [3.8, 4) is 11.4 Å². The van der Waals surface area contributed by atoms with Crippen molar-refractivity contribution in [2.45, 2.75) is 12.7 Å². The van der Waals surface area contributed by atoms with Crippen LogP contribution in [0.3, 0.4) is 0 Å². The summed E-state index contributed by atoms with van der Waals surface area (Å²) in [7, 11) is 0. The van der Waals surface area contributed by atoms with Crippen molar-refractivity contribution in [1.29, 1.82) is 0 Å². The smallest absolute Gasteiger partial charge is 0.387 e. The van der Waals surface area contributed by atoms with E-state index in [2.05, 4.69) is 20.5 Å². The number of nitrogens with zero attached hydrogens (tertiary/aromatic N) is 2. The Balaban J connectivity index is 0.00000289. The molecule has 1 fully saturated rings. The van der Waals surface area contributed by atoms with E-state index < -0.39 is 6.61 Å². The van der Waals surface area contributed by atoms with Crippen LogP contribution >= 0.6 is 24.0 Å². The van der Waals surface area contributed by atoms with Crippen LogP contribution in [-0.4, -0.2) is 42.0 Å². The van der Waals surface area contributed by atoms with Crippen LogP contribution in [-0.2, 0) is 4.74 Å². The predicted octanol–water partition coefficient (Wildman–Crippen LogP) is 4.46. The number of morpholine rings is 1. The van der Waals surface area contributed by atoms with Gasteiger partial charge in [-0.15, -0.1) is 12.4 Å². The minimum atomic E-state index is -2.89. The molecule has 0 spiro atoms. The van der Waals surface area contributed by atoms with Gasteiger partial charge in [-0.25, -0.2) is 4.68 Å². The Bertz CT molecular complexity index is 1060. The number of aromatic nitrogens is 2. The van der Waals surface area contributed by atoms with Crippen molar-refractivity contribution in [3.05, 3.63) is 71.0 Å². The lowest BCUT2D eigenvalue weighted by molar-refractivity contribution is -0.0498. The second kappa shape index (κ2) is 10.7. The van der Waals surface area contributed by atoms with Crippen molar-refractivity contribution in [2.75, 3.05) is 25.0 Å². The third-order valence-electron chi connectivity index (χ3n) is 4.70. The first kappa shape index (κ1) is 23.9. The van der Waals surface area contributed by atoms with Crippen LogP contribution in [0.4, 0.5) is 14.5 Å². The van der Waals surface area contributed by atoms with E-state index in [0.717, 1.165) is 12.1 Å². The van der Waals surface area contributed by atoms with E-state index in [4.69, 9.17) is 16.3 Å². The van der Waals surface area contributed by atoms with Gasteiger partial charge in [0.1, 0.15) is 5.75 Å². The van der Waals surface area contributed by atoms with Gasteiger partial charge in [-0.05, 0) is 36.4 Å². The summed E-state index contributed by atoms with van der Waals surface area (Å²) in [5.74, 6) is -0.318. The SMILES string of the molecule is Cl.O=C(Nc1ccc([C@@H]2CNCCO2)c(Cl)c1)c1cnn(-c2ccc(OC(F)F)cc2)c1. The summed E-state index contributed by atoms with van der Waals surface area (Å²) in [4.78, 5) is 12.6. The molecule has 0 bridgehead atoms. The molecular formula is C21H20Cl2F2N4O3. The van der Waals surface area contributed by atoms with Crippen LogP contribution in [0.25, 0.3) is 5.69 Å². The number of carbonyl (C=O) groups is 1. The van der Waals surface area contributed by atoms with Crippen molar-refractivity contribution < 1.29 is 23.0 Å². The van der Waals surface area contributed by atoms with Crippen molar-refractivity contribution in [1.82, 2.24) is 15.1 Å². The highest BCUT2D eigenvalue weighted by Gasteiger charge is 2.19. The molecule has 4 rings (SSSR count). The third kappa shape index (κ3) is 5.74. The Kier molecular flexibility index (Phi) is 8.03. The monoisotopic (exact) mass is 484 g/mol. The number of amides is 1. The van der Waals surface area contributed by atoms with Gasteiger partial charge in [0.25, 0.3) is 5.91 Å². The zero-order valence-corrected chi connectivity index (χ0v) is 18.2. The summed E-state index contributed by atoms with van der Waals surface area (Å²) >= 11 is 6.39. The summed E-state index contributed by atoms with van der Waals surface area (Å²) in [6, 6.07) is 11.2. The van der Waals surface area contributed by atoms with Gasteiger partial charge in [0.2, 0.25) is 0 Å². The van der Waals surface area contributed by atoms with E-state index in [-0.39, 0.29) is 30.2 Å². The second-order valence-corrected chi connectivity index (χ2v) is 7.21. The lowest BCUT2D eigenvalue weighted by atomic mass is 10.1. The van der Waals surface area contributed by atoms with Crippen LogP contribution in [0, 0.1) is 0 Å². The molecule has 2 N–H and O–H groups in total. The molecular weight excluding hydrogens is 465 g/mol. The zero-order valence-electron chi connectivity index (χ0n) is 16.6. The molecule has 0 saturated carbocycles. The predicted molar refractivity (Wildman–Crippen MR) is 118 cm³/mol. The zero-order chi connectivity index (χ0) is 21.8. The number of nitrogens with one attached hydrogen (secondary N) is 2. The number of carbonyl (C=O) groups excluding carboxylic acids is 1. The van der Waals surface area contributed by atoms with Crippen LogP contribution in [0.2, 0.25) is 5.02 Å². The van der Waals surface area contributed by atoms with Gasteiger partial charge in [0.05, 0.1) is 30.2 Å². The first-order valence-corrected chi connectivity index (χ1v) is 9.90. The maximum atomic E-state index is 12.6. The minimum Gasteiger partial charge on any atom is -0.435 e. The number of hydrogen-bond acceptors (Lipinski definition) is 5. The molecule has 0 radical (unpaired) electrons. The molecule has 7 nitrogen and oxygen atoms in total. The van der Waals surface area contributed by atoms with Gasteiger partial charge < -0.3 is 20.1 Å². The molecule has 1 aliphatic rings. The number of halogens is 4. The average Bonchev–Trinajstić information content (AvgIpc) is 3.25. The van der Waals surface area contributed by atoms with E-state index >= 15 is 0 Å². The molecule has 32 heavy (non-hydrogen) atoms. The maximum Gasteiger partial charge on any atom is 0.387 e. The number of rotatable bonds is 6. The summed E-state index contributed by atoms with van der Waals surface area (Å²) in [5, 5.41) is 10.7. The topological polar surface area (TPSA) is 77.4 Å². The van der Waals surface area contributed by atoms with Crippen LogP contribution in [0.5, 0.6) is 5.75 Å². The fraction of sp³-hybridized carbons (Fsp3) is 0.238. The van der Waals surface area contributed by atoms with Gasteiger partial charge in [0.15, 0.2) is 0 Å². The molecule has 1 aliphatic heterocycles. The Morgan fingerprint density at radius 3 is 2.72 bits per heavy atom. The van der Waals surface area contributed by atoms with Crippen molar-refractivity contribution >= 4 is 35.6 Å². The Morgan fingerprint density at radius 1 is 1.28 bits per heavy atom. The van der Waals surface area contributed by atoms with E-state index in [9.17, 15) is 13.6 Å². The molecule has 2 heterocycles. The van der Waals surface area contributed by atoms with E-state index in [1.54, 1.807) is 24.3 Å². The maximum absolute atomic E-state index is 12.6. The van der Waals surface area contributed by atoms with Gasteiger partial charge in [-0.2, -0.15) is 13.9 Å². The summed E-state index contributed by atoms with van der Waals surface area (Å²) in [6.07, 6.45) is 2.83. The minimum absolute atomic E-state index is 0. The van der Waals surface area contributed by atoms with Gasteiger partial charge in [-0.1, -0.05) is 17.7 Å². The second-order valence-electron chi connectivity index (χ2n) is 6.80. The lowest BCUT2D eigenvalue weighted by Crippen LogP contribution is -2.33. The molecule has 1 amide bonds. The lowest BCUT2D eigenvalue weighted by Gasteiger charge is -2.25. The Morgan fingerprint density at radius 2 is 2.06 bits per heavy atom. The molecule has 0 unspecified atom stereocenters. The Hall–Kier alpha value is -2.72. The summed E-state index contributed by atoms with van der Waals surface area (Å²) in [6.45, 7) is -0.783. The normalized spacial score (nSPS) is 15.8. The first-order chi connectivity index (χ1) is 15.0. The molecule has 170 valence electrons. The molecule has 1 saturated heterocycles. The van der Waals surface area contributed by atoms with E-state index in [1.807, 2.05) is 6.07 Å². The third-order valence-corrected chi connectivity index (χ3v) is 5.03. The van der Waals surface area contributed by atoms with Gasteiger partial charge in [-0.3, -0.25) is 4.79 Å². The largest absolute Gasteiger partial charge is 0.435 e. The highest BCUT2D eigenvalue weighted by atomic mass is 35.5. The highest BCUT2D eigenvalue weighted by molar-refractivity contribution is 6.31. The van der Waals surface area contributed by atoms with E-state index in [1.165, 1.54) is 29.2 Å². The Labute approximate surface area is 194 Å². The first-order valence-electron chi connectivity index (χ1n) is 9.52. The average molecular weight is 485 g/mol. The van der Waals surface area contributed by atoms with Crippen LogP contribution < -0.4 is 15.4 Å². The van der Waals surface area contributed by atoms with Crippen molar-refractivity contribution in [3.63, 3.8) is 0 Å². The summed E-state index contributed by atoms with van der Waals surface area (Å²) in [5.41, 5.74) is 2.32. The number of ether oxygens (including phenoxy) is 2. The highest BCUT2D eigenvalue weighted by Crippen LogP contribution is 2.29. The van der Waals surface area contributed by atoms with Crippen LogP contribution in [0.15, 0.2) is 54.9 Å². The number of alkyl halides is 2. The molecule has 3 aromatic rings. The standard InChI is InChI=1S/C21H19ClF2N4O3.ClH/c22-18-9-14(1-6-17(18)19-11-25-7-8-30-19)27-20(29)13-10-26-28(12-13)15-2-4-16(5-3-15)31-21(23)24;/h1-6,9-10,12,19,21,25H,7-8,11H2,(H,27,29);1H/t19-;/m0./s1. The quantitative estimate of drug-likeness (QED) is 0.539.